The topological polar surface area (TPSA) is 92.9 Å². The molecule has 3 aromatic carbocycles. The lowest BCUT2D eigenvalue weighted by atomic mass is 9.92. The number of hydrogen-bond acceptors (Lipinski definition) is 5. The van der Waals surface area contributed by atoms with Gasteiger partial charge in [-0.15, -0.1) is 0 Å². The smallest absolute Gasteiger partial charge is 0.318 e. The van der Waals surface area contributed by atoms with Gasteiger partial charge in [0.05, 0.1) is 12.3 Å². The summed E-state index contributed by atoms with van der Waals surface area (Å²) in [6, 6.07) is 17.5. The number of aromatic amines is 1. The van der Waals surface area contributed by atoms with Gasteiger partial charge in [0, 0.05) is 61.4 Å². The average Bonchev–Trinajstić information content (AvgIpc) is 3.78. The third kappa shape index (κ3) is 7.71. The summed E-state index contributed by atoms with van der Waals surface area (Å²) >= 11 is 0. The number of aromatic nitrogens is 1. The molecular formula is C37H45FN6O3. The number of benzene rings is 3. The molecule has 6 rings (SSSR count). The molecule has 2 aliphatic rings. The van der Waals surface area contributed by atoms with E-state index < -0.39 is 6.04 Å². The van der Waals surface area contributed by atoms with Gasteiger partial charge >= 0.3 is 6.03 Å². The van der Waals surface area contributed by atoms with Gasteiger partial charge in [-0.3, -0.25) is 4.79 Å². The number of ether oxygens (including phenoxy) is 1. The Labute approximate surface area is 276 Å². The number of rotatable bonds is 11. The van der Waals surface area contributed by atoms with Crippen molar-refractivity contribution >= 4 is 34.2 Å². The number of aryl methyl sites for hydroxylation is 1. The Kier molecular flexibility index (Phi) is 9.68. The summed E-state index contributed by atoms with van der Waals surface area (Å²) in [5.74, 6) is 0.268. The highest BCUT2D eigenvalue weighted by Crippen LogP contribution is 2.34. The number of carbonyl (C=O) groups is 2. The van der Waals surface area contributed by atoms with Crippen LogP contribution < -0.4 is 20.3 Å². The summed E-state index contributed by atoms with van der Waals surface area (Å²) in [6.45, 7) is 7.36. The Morgan fingerprint density at radius 1 is 1.04 bits per heavy atom. The van der Waals surface area contributed by atoms with Crippen LogP contribution in [0.25, 0.3) is 10.9 Å². The molecule has 2 atom stereocenters. The fourth-order valence-corrected chi connectivity index (χ4v) is 6.38. The van der Waals surface area contributed by atoms with Crippen molar-refractivity contribution in [1.82, 2.24) is 20.1 Å². The maximum atomic E-state index is 14.3. The van der Waals surface area contributed by atoms with Gasteiger partial charge in [0.25, 0.3) is 0 Å². The molecule has 248 valence electrons. The fourth-order valence-electron chi connectivity index (χ4n) is 6.38. The van der Waals surface area contributed by atoms with Crippen LogP contribution in [-0.4, -0.2) is 79.6 Å². The molecule has 10 heteroatoms. The lowest BCUT2D eigenvalue weighted by Gasteiger charge is -2.37. The van der Waals surface area contributed by atoms with E-state index in [4.69, 9.17) is 4.74 Å². The van der Waals surface area contributed by atoms with Crippen molar-refractivity contribution in [3.63, 3.8) is 0 Å². The monoisotopic (exact) mass is 640 g/mol. The molecule has 47 heavy (non-hydrogen) atoms. The third-order valence-electron chi connectivity index (χ3n) is 9.21. The molecule has 1 aromatic heterocycles. The van der Waals surface area contributed by atoms with E-state index in [1.54, 1.807) is 11.0 Å². The zero-order valence-electron chi connectivity index (χ0n) is 27.7. The van der Waals surface area contributed by atoms with Gasteiger partial charge in [-0.1, -0.05) is 31.2 Å². The highest BCUT2D eigenvalue weighted by molar-refractivity contribution is 5.99. The average molecular weight is 641 g/mol. The minimum absolute atomic E-state index is 0.260. The van der Waals surface area contributed by atoms with Crippen molar-refractivity contribution in [1.29, 1.82) is 0 Å². The number of fused-ring (bicyclic) bond motifs is 1. The van der Waals surface area contributed by atoms with Crippen LogP contribution >= 0.6 is 0 Å². The number of piperazine rings is 1. The Morgan fingerprint density at radius 3 is 2.53 bits per heavy atom. The van der Waals surface area contributed by atoms with Gasteiger partial charge in [0.15, 0.2) is 0 Å². The number of anilines is 2. The lowest BCUT2D eigenvalue weighted by molar-refractivity contribution is -0.118. The number of hydrogen-bond donors (Lipinski definition) is 3. The maximum absolute atomic E-state index is 14.3. The predicted molar refractivity (Wildman–Crippen MR) is 185 cm³/mol. The summed E-state index contributed by atoms with van der Waals surface area (Å²) < 4.78 is 19.9. The van der Waals surface area contributed by atoms with E-state index in [1.165, 1.54) is 12.1 Å². The number of carbonyl (C=O) groups excluding carboxylic acids is 2. The number of para-hydroxylation sites is 1. The van der Waals surface area contributed by atoms with Gasteiger partial charge in [0.2, 0.25) is 5.91 Å². The summed E-state index contributed by atoms with van der Waals surface area (Å²) in [5.41, 5.74) is 5.39. The van der Waals surface area contributed by atoms with Crippen LogP contribution in [0.1, 0.15) is 42.4 Å². The molecular weight excluding hydrogens is 595 g/mol. The molecule has 3 amide bonds. The first kappa shape index (κ1) is 32.4. The molecule has 0 radical (unpaired) electrons. The molecule has 0 bridgehead atoms. The van der Waals surface area contributed by atoms with Crippen molar-refractivity contribution in [2.24, 2.45) is 5.92 Å². The molecule has 2 heterocycles. The maximum Gasteiger partial charge on any atom is 0.318 e. The number of halogens is 1. The molecule has 1 aliphatic heterocycles. The number of nitrogens with one attached hydrogen (secondary N) is 3. The van der Waals surface area contributed by atoms with Gasteiger partial charge in [-0.2, -0.15) is 0 Å². The summed E-state index contributed by atoms with van der Waals surface area (Å²) in [6.07, 6.45) is 4.25. The highest BCUT2D eigenvalue weighted by Gasteiger charge is 2.33. The predicted octanol–water partition coefficient (Wildman–Crippen LogP) is 6.11. The molecule has 1 aliphatic carbocycles. The van der Waals surface area contributed by atoms with Crippen LogP contribution in [-0.2, 0) is 11.3 Å². The summed E-state index contributed by atoms with van der Waals surface area (Å²) in [7, 11) is 4.01. The standard InChI is InChI=1S/C37H45FN6O3/c1-24-19-28(38)12-13-33(24)43-15-17-44(18-16-43)37(46)41-35(25(2)30-21-39-31-8-6-5-7-29(30)31)36(45)40-32-20-27(22-42(3)4)11-14-34(32)47-23-26-9-10-26/h5-8,11-14,19-21,25-26,35,39H,9-10,15-18,22-23H2,1-4H3,(H,40,45)(H,41,46)/t25-,35+/m0/s1. The molecule has 4 aromatic rings. The van der Waals surface area contributed by atoms with Crippen molar-refractivity contribution in [2.45, 2.75) is 45.2 Å². The third-order valence-corrected chi connectivity index (χ3v) is 9.21. The van der Waals surface area contributed by atoms with Crippen LogP contribution in [0.3, 0.4) is 0 Å². The van der Waals surface area contributed by atoms with Crippen molar-refractivity contribution in [2.75, 3.05) is 57.1 Å². The Hall–Kier alpha value is -4.57. The molecule has 1 saturated carbocycles. The van der Waals surface area contributed by atoms with E-state index >= 15 is 0 Å². The molecule has 3 N–H and O–H groups in total. The lowest BCUT2D eigenvalue weighted by Crippen LogP contribution is -2.56. The van der Waals surface area contributed by atoms with E-state index in [0.717, 1.165) is 46.1 Å². The Balaban J connectivity index is 1.23. The van der Waals surface area contributed by atoms with Crippen LogP contribution in [0.5, 0.6) is 5.75 Å². The van der Waals surface area contributed by atoms with Gasteiger partial charge in [-0.25, -0.2) is 9.18 Å². The fraction of sp³-hybridized carbons (Fsp3) is 0.405. The Bertz CT molecular complexity index is 1730. The number of amides is 3. The van der Waals surface area contributed by atoms with E-state index in [1.807, 2.05) is 76.6 Å². The largest absolute Gasteiger partial charge is 0.491 e. The second-order valence-electron chi connectivity index (χ2n) is 13.2. The molecule has 0 unspecified atom stereocenters. The van der Waals surface area contributed by atoms with E-state index in [2.05, 4.69) is 25.4 Å². The highest BCUT2D eigenvalue weighted by atomic mass is 19.1. The van der Waals surface area contributed by atoms with Gasteiger partial charge in [0.1, 0.15) is 17.6 Å². The van der Waals surface area contributed by atoms with Crippen LogP contribution in [0.15, 0.2) is 66.9 Å². The minimum Gasteiger partial charge on any atom is -0.491 e. The van der Waals surface area contributed by atoms with Crippen molar-refractivity contribution < 1.29 is 18.7 Å². The Morgan fingerprint density at radius 2 is 1.81 bits per heavy atom. The molecule has 9 nitrogen and oxygen atoms in total. The van der Waals surface area contributed by atoms with E-state index in [9.17, 15) is 14.0 Å². The van der Waals surface area contributed by atoms with Crippen molar-refractivity contribution in [3.05, 3.63) is 89.4 Å². The first-order valence-electron chi connectivity index (χ1n) is 16.5. The zero-order valence-corrected chi connectivity index (χ0v) is 27.7. The molecule has 2 fully saturated rings. The van der Waals surface area contributed by atoms with E-state index in [-0.39, 0.29) is 23.7 Å². The summed E-state index contributed by atoms with van der Waals surface area (Å²) in [5, 5.41) is 7.26. The van der Waals surface area contributed by atoms with Gasteiger partial charge in [-0.05, 0) is 92.9 Å². The quantitative estimate of drug-likeness (QED) is 0.184. The van der Waals surface area contributed by atoms with Crippen molar-refractivity contribution in [3.8, 4) is 5.75 Å². The first-order chi connectivity index (χ1) is 22.7. The summed E-state index contributed by atoms with van der Waals surface area (Å²) in [4.78, 5) is 37.4. The first-order valence-corrected chi connectivity index (χ1v) is 16.5. The molecule has 1 saturated heterocycles. The zero-order chi connectivity index (χ0) is 33.1. The van der Waals surface area contributed by atoms with Crippen LogP contribution in [0.4, 0.5) is 20.6 Å². The second kappa shape index (κ2) is 14.0. The number of H-pyrrole nitrogens is 1. The van der Waals surface area contributed by atoms with Crippen LogP contribution in [0.2, 0.25) is 0 Å². The number of urea groups is 1. The normalized spacial score (nSPS) is 16.3. The molecule has 0 spiro atoms. The van der Waals surface area contributed by atoms with Crippen LogP contribution in [0, 0.1) is 18.7 Å². The van der Waals surface area contributed by atoms with E-state index in [0.29, 0.717) is 56.7 Å². The minimum atomic E-state index is -0.868. The second-order valence-corrected chi connectivity index (χ2v) is 13.2. The number of nitrogens with zero attached hydrogens (tertiary/aromatic N) is 3. The SMILES string of the molecule is Cc1cc(F)ccc1N1CCN(C(=O)N[C@@H](C(=O)Nc2cc(CN(C)C)ccc2OCC2CC2)[C@@H](C)c2c[nH]c3ccccc23)CC1. The van der Waals surface area contributed by atoms with Gasteiger partial charge < -0.3 is 35.1 Å².